The Bertz CT molecular complexity index is 1610. The summed E-state index contributed by atoms with van der Waals surface area (Å²) in [6.07, 6.45) is 8.45. The van der Waals surface area contributed by atoms with Crippen molar-refractivity contribution in [3.05, 3.63) is 112 Å². The fourth-order valence-corrected chi connectivity index (χ4v) is 4.78. The summed E-state index contributed by atoms with van der Waals surface area (Å²) in [5, 5.41) is 8.84. The van der Waals surface area contributed by atoms with E-state index in [0.29, 0.717) is 22.9 Å². The van der Waals surface area contributed by atoms with Crippen molar-refractivity contribution in [2.75, 3.05) is 0 Å². The lowest BCUT2D eigenvalue weighted by Crippen LogP contribution is -2.25. The first-order valence-corrected chi connectivity index (χ1v) is 12.0. The molecule has 0 saturated carbocycles. The van der Waals surface area contributed by atoms with Crippen molar-refractivity contribution >= 4 is 40.1 Å². The number of para-hydroxylation sites is 1. The van der Waals surface area contributed by atoms with Crippen LogP contribution in [0.25, 0.3) is 28.4 Å². The van der Waals surface area contributed by atoms with Crippen molar-refractivity contribution in [3.63, 3.8) is 0 Å². The van der Waals surface area contributed by atoms with E-state index in [1.807, 2.05) is 60.7 Å². The summed E-state index contributed by atoms with van der Waals surface area (Å²) in [6.45, 7) is 0.306. The Morgan fingerprint density at radius 3 is 2.75 bits per heavy atom. The van der Waals surface area contributed by atoms with Crippen LogP contribution in [0.4, 0.5) is 0 Å². The summed E-state index contributed by atoms with van der Waals surface area (Å²) < 4.78 is 1.59. The smallest absolute Gasteiger partial charge is 0.252 e. The lowest BCUT2D eigenvalue weighted by atomic mass is 9.99. The Morgan fingerprint density at radius 2 is 1.92 bits per heavy atom. The molecular weight excluding hydrogens is 472 g/mol. The Balaban J connectivity index is 1.37. The lowest BCUT2D eigenvalue weighted by molar-refractivity contribution is 0.0951. The molecule has 0 spiro atoms. The first kappa shape index (κ1) is 22.1. The highest BCUT2D eigenvalue weighted by molar-refractivity contribution is 6.30. The summed E-state index contributed by atoms with van der Waals surface area (Å²) >= 11 is 6.05. The number of rotatable bonds is 5. The molecule has 0 atom stereocenters. The number of carbonyl (C=O) groups is 1. The number of hydrogen-bond acceptors (Lipinski definition) is 5. The summed E-state index contributed by atoms with van der Waals surface area (Å²) in [6, 6.07) is 19.3. The SMILES string of the molecule is O=C(NCc1cccnc1-n1cncn1)c1c2c(nc3ccccc13)/C(=C/c1ccc(Cl)cc1)CC2. The Labute approximate surface area is 212 Å². The maximum Gasteiger partial charge on any atom is 0.252 e. The van der Waals surface area contributed by atoms with Crippen molar-refractivity contribution < 1.29 is 4.79 Å². The summed E-state index contributed by atoms with van der Waals surface area (Å²) in [4.78, 5) is 27.0. The molecule has 2 aromatic carbocycles. The molecule has 0 bridgehead atoms. The van der Waals surface area contributed by atoms with Gasteiger partial charge in [-0.05, 0) is 59.9 Å². The number of allylic oxidation sites excluding steroid dienone is 1. The van der Waals surface area contributed by atoms with Crippen molar-refractivity contribution in [1.29, 1.82) is 0 Å². The third-order valence-corrected chi connectivity index (χ3v) is 6.57. The van der Waals surface area contributed by atoms with Gasteiger partial charge in [-0.15, -0.1) is 0 Å². The molecule has 6 rings (SSSR count). The van der Waals surface area contributed by atoms with E-state index < -0.39 is 0 Å². The van der Waals surface area contributed by atoms with Crippen LogP contribution in [0.5, 0.6) is 0 Å². The van der Waals surface area contributed by atoms with E-state index >= 15 is 0 Å². The van der Waals surface area contributed by atoms with Crippen molar-refractivity contribution in [2.24, 2.45) is 0 Å². The van der Waals surface area contributed by atoms with E-state index in [1.54, 1.807) is 17.2 Å². The third kappa shape index (κ3) is 4.14. The molecule has 1 aliphatic carbocycles. The number of amides is 1. The van der Waals surface area contributed by atoms with Gasteiger partial charge in [-0.3, -0.25) is 4.79 Å². The zero-order chi connectivity index (χ0) is 24.5. The summed E-state index contributed by atoms with van der Waals surface area (Å²) in [7, 11) is 0. The number of fused-ring (bicyclic) bond motifs is 2. The molecular formula is C28H21ClN6O. The molecule has 8 heteroatoms. The number of pyridine rings is 2. The molecule has 0 radical (unpaired) electrons. The predicted molar refractivity (Wildman–Crippen MR) is 140 cm³/mol. The van der Waals surface area contributed by atoms with E-state index in [9.17, 15) is 4.79 Å². The molecule has 3 aromatic heterocycles. The van der Waals surface area contributed by atoms with Crippen LogP contribution in [0.1, 0.15) is 39.2 Å². The molecule has 0 unspecified atom stereocenters. The maximum absolute atomic E-state index is 13.7. The topological polar surface area (TPSA) is 85.6 Å². The molecule has 1 N–H and O–H groups in total. The molecule has 7 nitrogen and oxygen atoms in total. The standard InChI is InChI=1S/C28H21ClN6O/c29-21-10-7-18(8-11-21)14-19-9-12-23-25(22-5-1-2-6-24(22)34-26(19)23)28(36)32-15-20-4-3-13-31-27(20)35-17-30-16-33-35/h1-8,10-11,13-14,16-17H,9,12,15H2,(H,32,36)/b19-14+. The number of hydrogen-bond donors (Lipinski definition) is 1. The largest absolute Gasteiger partial charge is 0.348 e. The van der Waals surface area contributed by atoms with Gasteiger partial charge in [0.2, 0.25) is 0 Å². The monoisotopic (exact) mass is 492 g/mol. The fraction of sp³-hybridized carbons (Fsp3) is 0.107. The van der Waals surface area contributed by atoms with Gasteiger partial charge >= 0.3 is 0 Å². The molecule has 5 aromatic rings. The Hall–Kier alpha value is -4.36. The minimum Gasteiger partial charge on any atom is -0.348 e. The van der Waals surface area contributed by atoms with Crippen LogP contribution in [0, 0.1) is 0 Å². The normalized spacial score (nSPS) is 13.8. The van der Waals surface area contributed by atoms with E-state index in [-0.39, 0.29) is 5.91 Å². The molecule has 3 heterocycles. The van der Waals surface area contributed by atoms with Gasteiger partial charge in [0.25, 0.3) is 5.91 Å². The van der Waals surface area contributed by atoms with Crippen LogP contribution >= 0.6 is 11.6 Å². The van der Waals surface area contributed by atoms with Crippen molar-refractivity contribution in [3.8, 4) is 5.82 Å². The summed E-state index contributed by atoms with van der Waals surface area (Å²) in [5.41, 5.74) is 6.37. The van der Waals surface area contributed by atoms with Gasteiger partial charge in [-0.2, -0.15) is 5.10 Å². The quantitative estimate of drug-likeness (QED) is 0.360. The highest BCUT2D eigenvalue weighted by Crippen LogP contribution is 2.37. The lowest BCUT2D eigenvalue weighted by Gasteiger charge is -2.14. The van der Waals surface area contributed by atoms with Crippen LogP contribution in [-0.2, 0) is 13.0 Å². The van der Waals surface area contributed by atoms with Crippen LogP contribution < -0.4 is 5.32 Å². The summed E-state index contributed by atoms with van der Waals surface area (Å²) in [5.74, 6) is 0.499. The Kier molecular flexibility index (Phi) is 5.75. The van der Waals surface area contributed by atoms with Crippen LogP contribution in [0.2, 0.25) is 5.02 Å². The number of benzene rings is 2. The van der Waals surface area contributed by atoms with E-state index in [4.69, 9.17) is 16.6 Å². The highest BCUT2D eigenvalue weighted by atomic mass is 35.5. The van der Waals surface area contributed by atoms with Crippen molar-refractivity contribution in [2.45, 2.75) is 19.4 Å². The van der Waals surface area contributed by atoms with E-state index in [2.05, 4.69) is 26.5 Å². The second kappa shape index (κ2) is 9.36. The molecule has 1 amide bonds. The molecule has 36 heavy (non-hydrogen) atoms. The average Bonchev–Trinajstić information content (AvgIpc) is 3.58. The highest BCUT2D eigenvalue weighted by Gasteiger charge is 2.27. The Morgan fingerprint density at radius 1 is 1.06 bits per heavy atom. The van der Waals surface area contributed by atoms with Gasteiger partial charge in [-0.25, -0.2) is 19.6 Å². The van der Waals surface area contributed by atoms with Gasteiger partial charge in [0.05, 0.1) is 16.8 Å². The molecule has 0 fully saturated rings. The number of nitrogens with zero attached hydrogens (tertiary/aromatic N) is 5. The van der Waals surface area contributed by atoms with Gasteiger partial charge in [-0.1, -0.05) is 48.0 Å². The van der Waals surface area contributed by atoms with Crippen LogP contribution in [-0.4, -0.2) is 30.6 Å². The molecule has 0 saturated heterocycles. The average molecular weight is 493 g/mol. The number of nitrogens with one attached hydrogen (secondary N) is 1. The second-order valence-corrected chi connectivity index (χ2v) is 9.00. The minimum atomic E-state index is -0.133. The fourth-order valence-electron chi connectivity index (χ4n) is 4.65. The minimum absolute atomic E-state index is 0.133. The van der Waals surface area contributed by atoms with Crippen molar-refractivity contribution in [1.82, 2.24) is 30.0 Å². The number of aromatic nitrogens is 5. The number of halogens is 1. The maximum atomic E-state index is 13.7. The number of carbonyl (C=O) groups excluding carboxylic acids is 1. The first-order valence-electron chi connectivity index (χ1n) is 11.6. The molecule has 176 valence electrons. The van der Waals surface area contributed by atoms with Gasteiger partial charge in [0.15, 0.2) is 5.82 Å². The second-order valence-electron chi connectivity index (χ2n) is 8.56. The zero-order valence-corrected chi connectivity index (χ0v) is 20.0. The predicted octanol–water partition coefficient (Wildman–Crippen LogP) is 5.28. The molecule has 0 aliphatic heterocycles. The van der Waals surface area contributed by atoms with Gasteiger partial charge < -0.3 is 5.32 Å². The third-order valence-electron chi connectivity index (χ3n) is 6.32. The first-order chi connectivity index (χ1) is 17.7. The van der Waals surface area contributed by atoms with Crippen LogP contribution in [0.3, 0.4) is 0 Å². The van der Waals surface area contributed by atoms with Gasteiger partial charge in [0, 0.05) is 28.7 Å². The van der Waals surface area contributed by atoms with Gasteiger partial charge in [0.1, 0.15) is 12.7 Å². The zero-order valence-electron chi connectivity index (χ0n) is 19.2. The van der Waals surface area contributed by atoms with E-state index in [0.717, 1.165) is 51.7 Å². The van der Waals surface area contributed by atoms with Crippen LogP contribution in [0.15, 0.2) is 79.5 Å². The molecule has 1 aliphatic rings. The van der Waals surface area contributed by atoms with E-state index in [1.165, 1.54) is 6.33 Å².